The molecule has 24 heavy (non-hydrogen) atoms. The van der Waals surface area contributed by atoms with E-state index in [-0.39, 0.29) is 4.92 Å². The average molecular weight is 337 g/mol. The first-order valence-corrected chi connectivity index (χ1v) is 7.68. The monoisotopic (exact) mass is 337 g/mol. The first-order chi connectivity index (χ1) is 11.2. The van der Waals surface area contributed by atoms with Crippen LogP contribution in [0.15, 0.2) is 18.3 Å². The molecule has 0 aliphatic carbocycles. The van der Waals surface area contributed by atoms with Crippen LogP contribution in [0, 0.1) is 21.4 Å². The van der Waals surface area contributed by atoms with Crippen molar-refractivity contribution in [1.82, 2.24) is 10.3 Å². The van der Waals surface area contributed by atoms with E-state index in [1.54, 1.807) is 18.3 Å². The lowest BCUT2D eigenvalue weighted by Gasteiger charge is -2.31. The number of hydrogen-bond acceptors (Lipinski definition) is 7. The summed E-state index contributed by atoms with van der Waals surface area (Å²) in [6.07, 6.45) is 1.55. The fraction of sp³-hybridized carbons (Fsp3) is 0.625. The Balaban J connectivity index is 2.55. The Morgan fingerprint density at radius 1 is 1.38 bits per heavy atom. The molecule has 0 aromatic carbocycles. The van der Waals surface area contributed by atoms with Crippen molar-refractivity contribution in [3.63, 3.8) is 0 Å². The maximum absolute atomic E-state index is 12.2. The van der Waals surface area contributed by atoms with Crippen molar-refractivity contribution in [2.24, 2.45) is 11.3 Å². The van der Waals surface area contributed by atoms with Crippen molar-refractivity contribution in [2.75, 3.05) is 14.2 Å². The summed E-state index contributed by atoms with van der Waals surface area (Å²) in [5, 5.41) is 14.9. The van der Waals surface area contributed by atoms with Gasteiger partial charge >= 0.3 is 5.97 Å². The molecule has 1 aromatic rings. The number of rotatable bonds is 4. The van der Waals surface area contributed by atoms with Gasteiger partial charge in [-0.1, -0.05) is 20.8 Å². The number of hydrogen-bond donors (Lipinski definition) is 1. The summed E-state index contributed by atoms with van der Waals surface area (Å²) in [7, 11) is 2.76. The van der Waals surface area contributed by atoms with Gasteiger partial charge in [-0.3, -0.25) is 25.2 Å². The van der Waals surface area contributed by atoms with Crippen molar-refractivity contribution in [3.05, 3.63) is 34.1 Å². The number of aromatic nitrogens is 1. The number of esters is 1. The van der Waals surface area contributed by atoms with Gasteiger partial charge in [0.15, 0.2) is 0 Å². The Morgan fingerprint density at radius 2 is 2.04 bits per heavy atom. The van der Waals surface area contributed by atoms with E-state index in [9.17, 15) is 14.9 Å². The number of pyridine rings is 1. The van der Waals surface area contributed by atoms with E-state index in [0.29, 0.717) is 11.4 Å². The van der Waals surface area contributed by atoms with E-state index in [2.05, 4.69) is 10.3 Å². The van der Waals surface area contributed by atoms with Gasteiger partial charge in [-0.05, 0) is 17.5 Å². The minimum absolute atomic E-state index is 0.343. The zero-order valence-electron chi connectivity index (χ0n) is 14.5. The van der Waals surface area contributed by atoms with Gasteiger partial charge in [0.2, 0.25) is 6.04 Å². The van der Waals surface area contributed by atoms with Crippen molar-refractivity contribution in [1.29, 1.82) is 0 Å². The second-order valence-corrected chi connectivity index (χ2v) is 6.90. The Hall–Kier alpha value is -2.22. The van der Waals surface area contributed by atoms with Crippen molar-refractivity contribution in [2.45, 2.75) is 38.9 Å². The van der Waals surface area contributed by atoms with E-state index in [1.165, 1.54) is 14.2 Å². The Morgan fingerprint density at radius 3 is 2.54 bits per heavy atom. The van der Waals surface area contributed by atoms with Crippen molar-refractivity contribution >= 4 is 5.97 Å². The van der Waals surface area contributed by atoms with Gasteiger partial charge in [0.25, 0.3) is 0 Å². The fourth-order valence-electron chi connectivity index (χ4n) is 3.46. The molecule has 1 aromatic heterocycles. The Bertz CT molecular complexity index is 628. The van der Waals surface area contributed by atoms with Crippen molar-refractivity contribution in [3.8, 4) is 5.75 Å². The highest BCUT2D eigenvalue weighted by molar-refractivity contribution is 5.77. The standard InChI is InChI=1S/C16H23N3O5/c1-16(2,3)10-12(15(20)24-5)18-13(14(10)19(21)22)11-9(23-4)7-6-8-17-11/h6-8,10,12-14,18H,1-5H3/t10-,12+,13+,14+/m0/s1. The molecule has 1 fully saturated rings. The molecule has 1 aliphatic heterocycles. The molecular weight excluding hydrogens is 314 g/mol. The van der Waals surface area contributed by atoms with Crippen LogP contribution in [0.5, 0.6) is 5.75 Å². The van der Waals surface area contributed by atoms with Gasteiger partial charge in [0.1, 0.15) is 23.5 Å². The maximum atomic E-state index is 12.2. The van der Waals surface area contributed by atoms with Crippen LogP contribution >= 0.6 is 0 Å². The third-order valence-corrected chi connectivity index (χ3v) is 4.44. The summed E-state index contributed by atoms with van der Waals surface area (Å²) < 4.78 is 10.1. The molecule has 0 bridgehead atoms. The molecule has 0 amide bonds. The number of nitrogens with zero attached hydrogens (tertiary/aromatic N) is 2. The van der Waals surface area contributed by atoms with Crippen LogP contribution in [0.3, 0.4) is 0 Å². The molecule has 8 heteroatoms. The zero-order valence-corrected chi connectivity index (χ0v) is 14.5. The number of methoxy groups -OCH3 is 2. The molecule has 0 radical (unpaired) electrons. The molecule has 2 rings (SSSR count). The van der Waals surface area contributed by atoms with E-state index < -0.39 is 35.4 Å². The van der Waals surface area contributed by atoms with Crippen LogP contribution in [-0.2, 0) is 9.53 Å². The average Bonchev–Trinajstić information content (AvgIpc) is 2.94. The minimum atomic E-state index is -1.03. The third-order valence-electron chi connectivity index (χ3n) is 4.44. The number of nitro groups is 1. The predicted octanol–water partition coefficient (Wildman–Crippen LogP) is 1.58. The topological polar surface area (TPSA) is 104 Å². The normalized spacial score (nSPS) is 26.9. The number of carbonyl (C=O) groups excluding carboxylic acids is 1. The number of carbonyl (C=O) groups is 1. The van der Waals surface area contributed by atoms with Crippen molar-refractivity contribution < 1.29 is 19.2 Å². The summed E-state index contributed by atoms with van der Waals surface area (Å²) in [6.45, 7) is 5.64. The molecule has 2 heterocycles. The SMILES string of the molecule is COC(=O)[C@@H]1N[C@H](c2ncccc2OC)[C@H]([N+](=O)[O-])[C@H]1C(C)(C)C. The van der Waals surface area contributed by atoms with E-state index in [4.69, 9.17) is 9.47 Å². The predicted molar refractivity (Wildman–Crippen MR) is 86.2 cm³/mol. The van der Waals surface area contributed by atoms with E-state index in [1.807, 2.05) is 20.8 Å². The van der Waals surface area contributed by atoms with Gasteiger partial charge in [0, 0.05) is 11.1 Å². The van der Waals surface area contributed by atoms with Gasteiger partial charge < -0.3 is 9.47 Å². The van der Waals surface area contributed by atoms with Gasteiger partial charge in [-0.15, -0.1) is 0 Å². The van der Waals surface area contributed by atoms with E-state index in [0.717, 1.165) is 0 Å². The molecule has 0 saturated carbocycles. The first kappa shape index (κ1) is 18.1. The van der Waals surface area contributed by atoms with Crippen LogP contribution in [0.4, 0.5) is 0 Å². The molecule has 0 spiro atoms. The highest BCUT2D eigenvalue weighted by Crippen LogP contribution is 2.44. The highest BCUT2D eigenvalue weighted by Gasteiger charge is 2.59. The quantitative estimate of drug-likeness (QED) is 0.505. The van der Waals surface area contributed by atoms with Crippen LogP contribution < -0.4 is 10.1 Å². The number of ether oxygens (including phenoxy) is 2. The molecule has 1 saturated heterocycles. The summed E-state index contributed by atoms with van der Waals surface area (Å²) >= 11 is 0. The molecular formula is C16H23N3O5. The maximum Gasteiger partial charge on any atom is 0.323 e. The Kier molecular flexibility index (Phi) is 5.08. The zero-order chi connectivity index (χ0) is 18.1. The van der Waals surface area contributed by atoms with Crippen LogP contribution in [0.1, 0.15) is 32.5 Å². The molecule has 0 unspecified atom stereocenters. The molecule has 4 atom stereocenters. The van der Waals surface area contributed by atoms with Gasteiger partial charge in [0.05, 0.1) is 20.1 Å². The summed E-state index contributed by atoms with van der Waals surface area (Å²) in [6, 6.07) is 0.820. The number of nitrogens with one attached hydrogen (secondary N) is 1. The first-order valence-electron chi connectivity index (χ1n) is 7.68. The smallest absolute Gasteiger partial charge is 0.323 e. The second kappa shape index (κ2) is 6.72. The minimum Gasteiger partial charge on any atom is -0.495 e. The molecule has 1 aliphatic rings. The fourth-order valence-corrected chi connectivity index (χ4v) is 3.46. The van der Waals surface area contributed by atoms with E-state index >= 15 is 0 Å². The van der Waals surface area contributed by atoms with Gasteiger partial charge in [-0.25, -0.2) is 0 Å². The lowest BCUT2D eigenvalue weighted by molar-refractivity contribution is -0.535. The lowest BCUT2D eigenvalue weighted by Crippen LogP contribution is -2.45. The summed E-state index contributed by atoms with van der Waals surface area (Å²) in [5.74, 6) is -0.629. The largest absolute Gasteiger partial charge is 0.495 e. The third kappa shape index (κ3) is 3.19. The highest BCUT2D eigenvalue weighted by atomic mass is 16.6. The van der Waals surface area contributed by atoms with Crippen LogP contribution in [0.2, 0.25) is 0 Å². The molecule has 8 nitrogen and oxygen atoms in total. The molecule has 132 valence electrons. The lowest BCUT2D eigenvalue weighted by atomic mass is 9.73. The second-order valence-electron chi connectivity index (χ2n) is 6.90. The van der Waals surface area contributed by atoms with Crippen LogP contribution in [-0.4, -0.2) is 42.2 Å². The summed E-state index contributed by atoms with van der Waals surface area (Å²) in [4.78, 5) is 28.0. The van der Waals surface area contributed by atoms with Gasteiger partial charge in [-0.2, -0.15) is 0 Å². The molecule has 1 N–H and O–H groups in total. The summed E-state index contributed by atoms with van der Waals surface area (Å²) in [5.41, 5.74) is -0.0669. The Labute approximate surface area is 140 Å². The van der Waals surface area contributed by atoms with Crippen LogP contribution in [0.25, 0.3) is 0 Å².